The number of rotatable bonds is 16. The van der Waals surface area contributed by atoms with Crippen molar-refractivity contribution in [1.82, 2.24) is 30.5 Å². The van der Waals surface area contributed by atoms with E-state index in [1.807, 2.05) is 34.6 Å². The fourth-order valence-corrected chi connectivity index (χ4v) is 9.88. The molecule has 0 aromatic heterocycles. The Labute approximate surface area is 304 Å². The molecule has 5 amide bonds. The fraction of sp³-hybridized carbons (Fsp3) is 0.865. The highest BCUT2D eigenvalue weighted by Crippen LogP contribution is 2.37. The normalized spacial score (nSPS) is 24.9. The Morgan fingerprint density at radius 3 is 2.10 bits per heavy atom. The zero-order valence-electron chi connectivity index (χ0n) is 31.6. The summed E-state index contributed by atoms with van der Waals surface area (Å²) < 4.78 is 28.3. The Balaban J connectivity index is 1.32. The van der Waals surface area contributed by atoms with Crippen molar-refractivity contribution in [2.24, 2.45) is 23.2 Å². The Kier molecular flexibility index (Phi) is 12.1. The molecule has 5 rings (SSSR count). The Morgan fingerprint density at radius 2 is 1.55 bits per heavy atom. The predicted molar refractivity (Wildman–Crippen MR) is 194 cm³/mol. The van der Waals surface area contributed by atoms with Crippen molar-refractivity contribution in [3.05, 3.63) is 0 Å². The molecule has 1 aliphatic heterocycles. The number of carbonyl (C=O) groups is 5. The lowest BCUT2D eigenvalue weighted by Gasteiger charge is -2.40. The van der Waals surface area contributed by atoms with Gasteiger partial charge in [0.25, 0.3) is 5.91 Å². The van der Waals surface area contributed by atoms with E-state index in [0.29, 0.717) is 38.1 Å². The molecule has 1 heterocycles. The van der Waals surface area contributed by atoms with Crippen LogP contribution in [0.3, 0.4) is 0 Å². The van der Waals surface area contributed by atoms with Gasteiger partial charge in [0.2, 0.25) is 27.6 Å². The molecule has 4 atom stereocenters. The van der Waals surface area contributed by atoms with Crippen molar-refractivity contribution in [1.29, 1.82) is 0 Å². The molecule has 0 aromatic carbocycles. The van der Waals surface area contributed by atoms with Crippen molar-refractivity contribution in [3.8, 4) is 0 Å². The van der Waals surface area contributed by atoms with Gasteiger partial charge in [-0.3, -0.25) is 19.2 Å². The van der Waals surface area contributed by atoms with Crippen molar-refractivity contribution >= 4 is 39.6 Å². The number of hydrogen-bond acceptors (Lipinski definition) is 7. The average molecular weight is 735 g/mol. The lowest BCUT2D eigenvalue weighted by molar-refractivity contribution is -0.145. The summed E-state index contributed by atoms with van der Waals surface area (Å²) in [4.78, 5) is 70.2. The molecule has 0 bridgehead atoms. The summed E-state index contributed by atoms with van der Waals surface area (Å²) in [5.41, 5.74) is -1.71. The molecule has 14 heteroatoms. The minimum atomic E-state index is -3.63. The Morgan fingerprint density at radius 1 is 0.902 bits per heavy atom. The zero-order valence-corrected chi connectivity index (χ0v) is 32.4. The van der Waals surface area contributed by atoms with Crippen LogP contribution in [0.5, 0.6) is 0 Å². The molecule has 13 nitrogen and oxygen atoms in total. The highest BCUT2D eigenvalue weighted by molar-refractivity contribution is 7.89. The van der Waals surface area contributed by atoms with E-state index in [4.69, 9.17) is 0 Å². The van der Waals surface area contributed by atoms with Crippen LogP contribution in [-0.4, -0.2) is 102 Å². The highest BCUT2D eigenvalue weighted by atomic mass is 32.2. The van der Waals surface area contributed by atoms with E-state index in [9.17, 15) is 32.4 Å². The highest BCUT2D eigenvalue weighted by Gasteiger charge is 2.49. The average Bonchev–Trinajstić information content (AvgIpc) is 3.92. The second-order valence-electron chi connectivity index (χ2n) is 17.6. The molecule has 4 saturated carbocycles. The van der Waals surface area contributed by atoms with Crippen molar-refractivity contribution in [2.75, 3.05) is 19.3 Å². The third-order valence-electron chi connectivity index (χ3n) is 11.7. The number of hydrogen-bond donors (Lipinski definition) is 4. The van der Waals surface area contributed by atoms with Gasteiger partial charge in [0.1, 0.15) is 12.1 Å². The minimum Gasteiger partial charge on any atom is -0.347 e. The number of Topliss-reactive ketones (excluding diaryl/α,β-unsaturated/α-hetero) is 1. The maximum Gasteiger partial charge on any atom is 0.315 e. The zero-order chi connectivity index (χ0) is 37.3. The summed E-state index contributed by atoms with van der Waals surface area (Å²) in [6.45, 7) is 9.84. The number of nitrogens with one attached hydrogen (secondary N) is 4. The van der Waals surface area contributed by atoms with Crippen LogP contribution in [0.1, 0.15) is 125 Å². The molecule has 0 radical (unpaired) electrons. The number of carbonyl (C=O) groups excluding carboxylic acids is 5. The topological polar surface area (TPSA) is 174 Å². The first-order valence-corrected chi connectivity index (χ1v) is 21.0. The summed E-state index contributed by atoms with van der Waals surface area (Å²) in [5.74, 6) is -2.05. The number of amides is 5. The Bertz CT molecular complexity index is 1430. The van der Waals surface area contributed by atoms with Gasteiger partial charge in [0.05, 0.1) is 17.3 Å². The first-order chi connectivity index (χ1) is 23.9. The molecular weight excluding hydrogens is 673 g/mol. The first-order valence-electron chi connectivity index (χ1n) is 19.4. The monoisotopic (exact) mass is 734 g/mol. The van der Waals surface area contributed by atoms with Crippen LogP contribution < -0.4 is 21.3 Å². The quantitative estimate of drug-likeness (QED) is 0.176. The van der Waals surface area contributed by atoms with Gasteiger partial charge in [0.15, 0.2) is 0 Å². The number of nitrogens with zero attached hydrogens (tertiary/aromatic N) is 2. The third kappa shape index (κ3) is 10.2. The summed E-state index contributed by atoms with van der Waals surface area (Å²) in [7, 11) is -2.02. The number of sulfonamides is 1. The minimum absolute atomic E-state index is 0.00926. The molecule has 0 aromatic rings. The van der Waals surface area contributed by atoms with Crippen molar-refractivity contribution in [3.63, 3.8) is 0 Å². The maximum atomic E-state index is 14.5. The van der Waals surface area contributed by atoms with Gasteiger partial charge in [-0.15, -0.1) is 0 Å². The summed E-state index contributed by atoms with van der Waals surface area (Å²) in [6, 6.07) is -3.48. The molecule has 5 aliphatic rings. The second-order valence-corrected chi connectivity index (χ2v) is 19.6. The van der Waals surface area contributed by atoms with E-state index < -0.39 is 68.6 Å². The van der Waals surface area contributed by atoms with E-state index in [2.05, 4.69) is 21.3 Å². The van der Waals surface area contributed by atoms with Gasteiger partial charge in [-0.05, 0) is 81.0 Å². The lowest BCUT2D eigenvalue weighted by atomic mass is 9.83. The van der Waals surface area contributed by atoms with Crippen LogP contribution in [0, 0.1) is 23.2 Å². The first kappa shape index (κ1) is 39.5. The molecule has 288 valence electrons. The van der Waals surface area contributed by atoms with Crippen LogP contribution in [0.4, 0.5) is 4.79 Å². The molecule has 4 N–H and O–H groups in total. The van der Waals surface area contributed by atoms with Gasteiger partial charge < -0.3 is 26.2 Å². The maximum absolute atomic E-state index is 14.5. The number of ketones is 1. The lowest BCUT2D eigenvalue weighted by Crippen LogP contribution is -2.64. The van der Waals surface area contributed by atoms with Gasteiger partial charge in [-0.1, -0.05) is 66.7 Å². The van der Waals surface area contributed by atoms with Gasteiger partial charge >= 0.3 is 6.03 Å². The van der Waals surface area contributed by atoms with Crippen LogP contribution in [-0.2, 0) is 29.2 Å². The molecule has 0 unspecified atom stereocenters. The van der Waals surface area contributed by atoms with Gasteiger partial charge in [-0.2, -0.15) is 0 Å². The largest absolute Gasteiger partial charge is 0.347 e. The standard InChI is InChI=1S/C37H62N6O7S/c1-23(2)27-18-21-43(29(27)32(45)39-28(17-12-24-10-11-24)30(44)33(46)38-25-13-14-25)34(47)31(36(3,4)5)40-35(48)41-37(19-8-7-9-20-37)22-51(49,50)42(6)26-15-16-26/h23-29,31H,7-22H2,1-6H3,(H,38,46)(H,39,45)(H2,40,41,48)/t27-,28+,29+,31-/m1/s1. The summed E-state index contributed by atoms with van der Waals surface area (Å²) in [6.07, 6.45) is 10.8. The van der Waals surface area contributed by atoms with E-state index in [0.717, 1.165) is 64.2 Å². The number of urea groups is 1. The third-order valence-corrected chi connectivity index (χ3v) is 13.8. The molecular formula is C37H62N6O7S. The molecule has 5 fully saturated rings. The molecule has 4 aliphatic carbocycles. The molecule has 51 heavy (non-hydrogen) atoms. The van der Waals surface area contributed by atoms with E-state index in [1.54, 1.807) is 7.05 Å². The molecule has 0 spiro atoms. The summed E-state index contributed by atoms with van der Waals surface area (Å²) >= 11 is 0. The van der Waals surface area contributed by atoms with Gasteiger partial charge in [0, 0.05) is 25.7 Å². The molecule has 1 saturated heterocycles. The second kappa shape index (κ2) is 15.7. The van der Waals surface area contributed by atoms with E-state index in [-0.39, 0.29) is 29.7 Å². The van der Waals surface area contributed by atoms with Crippen LogP contribution in [0.25, 0.3) is 0 Å². The van der Waals surface area contributed by atoms with E-state index in [1.165, 1.54) is 9.21 Å². The van der Waals surface area contributed by atoms with Gasteiger partial charge in [-0.25, -0.2) is 17.5 Å². The van der Waals surface area contributed by atoms with Crippen LogP contribution in [0.15, 0.2) is 0 Å². The summed E-state index contributed by atoms with van der Waals surface area (Å²) in [5, 5.41) is 11.6. The van der Waals surface area contributed by atoms with Crippen LogP contribution in [0.2, 0.25) is 0 Å². The smallest absolute Gasteiger partial charge is 0.315 e. The van der Waals surface area contributed by atoms with Crippen molar-refractivity contribution in [2.45, 2.75) is 160 Å². The number of likely N-dealkylation sites (tertiary alicyclic amines) is 1. The Hall–Kier alpha value is -2.74. The van der Waals surface area contributed by atoms with Crippen molar-refractivity contribution < 1.29 is 32.4 Å². The SMILES string of the molecule is CC(C)[C@H]1CCN(C(=O)[C@@H](NC(=O)NC2(CS(=O)(=O)N(C)C3CC3)CCCCC2)C(C)(C)C)[C@@H]1C(=O)N[C@@H](CCC1CC1)C(=O)C(=O)NC1CC1. The van der Waals surface area contributed by atoms with Crippen LogP contribution >= 0.6 is 0 Å². The predicted octanol–water partition coefficient (Wildman–Crippen LogP) is 3.22. The fourth-order valence-electron chi connectivity index (χ4n) is 7.95. The van der Waals surface area contributed by atoms with E-state index >= 15 is 0 Å².